The molecule has 8 heteroatoms. The van der Waals surface area contributed by atoms with Crippen LogP contribution in [0.4, 0.5) is 10.7 Å². The van der Waals surface area contributed by atoms with E-state index in [4.69, 9.17) is 11.6 Å². The Morgan fingerprint density at radius 3 is 2.70 bits per heavy atom. The lowest BCUT2D eigenvalue weighted by Crippen LogP contribution is -2.28. The number of hydrogen-bond donors (Lipinski definition) is 0. The lowest BCUT2D eigenvalue weighted by molar-refractivity contribution is -0.380. The van der Waals surface area contributed by atoms with E-state index >= 15 is 0 Å². The van der Waals surface area contributed by atoms with Crippen LogP contribution >= 0.6 is 22.9 Å². The first-order valence-electron chi connectivity index (χ1n) is 6.53. The molecule has 0 radical (unpaired) electrons. The fourth-order valence-electron chi connectivity index (χ4n) is 2.25. The topological polar surface area (TPSA) is 80.5 Å². The van der Waals surface area contributed by atoms with E-state index in [2.05, 4.69) is 0 Å². The maximum atomic E-state index is 12.4. The first-order valence-corrected chi connectivity index (χ1v) is 7.73. The Bertz CT molecular complexity index is 859. The van der Waals surface area contributed by atoms with Gasteiger partial charge in [0, 0.05) is 21.5 Å². The number of nitro groups is 1. The van der Waals surface area contributed by atoms with E-state index in [0.29, 0.717) is 21.2 Å². The van der Waals surface area contributed by atoms with Crippen molar-refractivity contribution < 1.29 is 14.5 Å². The number of nitrogens with zero attached hydrogens (tertiary/aromatic N) is 2. The van der Waals surface area contributed by atoms with Gasteiger partial charge < -0.3 is 0 Å². The van der Waals surface area contributed by atoms with Crippen molar-refractivity contribution in [2.24, 2.45) is 0 Å². The number of amides is 2. The predicted molar refractivity (Wildman–Crippen MR) is 87.5 cm³/mol. The van der Waals surface area contributed by atoms with Crippen molar-refractivity contribution in [3.63, 3.8) is 0 Å². The van der Waals surface area contributed by atoms with Gasteiger partial charge in [-0.15, -0.1) is 0 Å². The minimum Gasteiger partial charge on any atom is -0.274 e. The van der Waals surface area contributed by atoms with Crippen molar-refractivity contribution >= 4 is 51.5 Å². The van der Waals surface area contributed by atoms with Gasteiger partial charge in [-0.1, -0.05) is 29.0 Å². The monoisotopic (exact) mass is 348 g/mol. The van der Waals surface area contributed by atoms with Gasteiger partial charge in [0.25, 0.3) is 5.91 Å². The maximum Gasteiger partial charge on any atom is 0.324 e. The lowest BCUT2D eigenvalue weighted by atomic mass is 10.2. The van der Waals surface area contributed by atoms with Crippen LogP contribution < -0.4 is 4.90 Å². The molecule has 1 saturated heterocycles. The van der Waals surface area contributed by atoms with E-state index in [9.17, 15) is 19.7 Å². The first kappa shape index (κ1) is 15.4. The molecule has 1 aromatic carbocycles. The number of rotatable bonds is 3. The molecule has 0 unspecified atom stereocenters. The molecule has 1 aliphatic rings. The zero-order valence-electron chi connectivity index (χ0n) is 11.6. The van der Waals surface area contributed by atoms with Crippen molar-refractivity contribution in [3.8, 4) is 0 Å². The molecule has 3 rings (SSSR count). The molecular weight excluding hydrogens is 340 g/mol. The van der Waals surface area contributed by atoms with Crippen molar-refractivity contribution in [1.82, 2.24) is 0 Å². The van der Waals surface area contributed by atoms with E-state index in [-0.39, 0.29) is 17.3 Å². The summed E-state index contributed by atoms with van der Waals surface area (Å²) in [6.07, 6.45) is 1.47. The summed E-state index contributed by atoms with van der Waals surface area (Å²) in [7, 11) is 0. The second-order valence-electron chi connectivity index (χ2n) is 4.79. The zero-order chi connectivity index (χ0) is 16.6. The maximum absolute atomic E-state index is 12.4. The van der Waals surface area contributed by atoms with Crippen LogP contribution in [0.15, 0.2) is 42.0 Å². The van der Waals surface area contributed by atoms with Gasteiger partial charge in [0.15, 0.2) is 0 Å². The Labute approximate surface area is 139 Å². The molecule has 0 N–H and O–H groups in total. The van der Waals surface area contributed by atoms with E-state index in [1.807, 2.05) is 0 Å². The molecular formula is C15H9ClN2O4S. The fourth-order valence-corrected chi connectivity index (χ4v) is 3.23. The molecule has 23 heavy (non-hydrogen) atoms. The Kier molecular flexibility index (Phi) is 3.97. The molecule has 1 fully saturated rings. The third-order valence-electron chi connectivity index (χ3n) is 3.24. The molecule has 1 aliphatic heterocycles. The Morgan fingerprint density at radius 2 is 2.04 bits per heavy atom. The van der Waals surface area contributed by atoms with Crippen LogP contribution in [0, 0.1) is 10.1 Å². The molecule has 0 saturated carbocycles. The van der Waals surface area contributed by atoms with Crippen LogP contribution in [0.25, 0.3) is 6.08 Å². The highest BCUT2D eigenvalue weighted by molar-refractivity contribution is 7.16. The summed E-state index contributed by atoms with van der Waals surface area (Å²) in [5.74, 6) is -0.789. The summed E-state index contributed by atoms with van der Waals surface area (Å²) in [4.78, 5) is 36.4. The summed E-state index contributed by atoms with van der Waals surface area (Å²) in [5.41, 5.74) is 0.708. The van der Waals surface area contributed by atoms with E-state index < -0.39 is 10.8 Å². The number of carbonyl (C=O) groups is 2. The molecule has 1 aromatic heterocycles. The Balaban J connectivity index is 1.91. The summed E-state index contributed by atoms with van der Waals surface area (Å²) < 4.78 is 0. The van der Waals surface area contributed by atoms with E-state index in [1.54, 1.807) is 24.3 Å². The number of benzene rings is 1. The van der Waals surface area contributed by atoms with E-state index in [1.165, 1.54) is 18.2 Å². The molecule has 0 aliphatic carbocycles. The quantitative estimate of drug-likeness (QED) is 0.367. The highest BCUT2D eigenvalue weighted by Crippen LogP contribution is 2.31. The second-order valence-corrected chi connectivity index (χ2v) is 6.32. The third kappa shape index (κ3) is 3.01. The smallest absolute Gasteiger partial charge is 0.274 e. The number of hydrogen-bond acceptors (Lipinski definition) is 5. The van der Waals surface area contributed by atoms with Gasteiger partial charge in [-0.05, 0) is 30.3 Å². The number of halogens is 1. The predicted octanol–water partition coefficient (Wildman–Crippen LogP) is 3.66. The van der Waals surface area contributed by atoms with E-state index in [0.717, 1.165) is 16.2 Å². The van der Waals surface area contributed by atoms with Crippen molar-refractivity contribution in [1.29, 1.82) is 0 Å². The van der Waals surface area contributed by atoms with Gasteiger partial charge in [0.05, 0.1) is 17.0 Å². The third-order valence-corrected chi connectivity index (χ3v) is 4.46. The van der Waals surface area contributed by atoms with Crippen molar-refractivity contribution in [3.05, 3.63) is 62.0 Å². The number of thiophene rings is 1. The van der Waals surface area contributed by atoms with Gasteiger partial charge in [-0.2, -0.15) is 0 Å². The molecule has 0 bridgehead atoms. The van der Waals surface area contributed by atoms with Crippen LogP contribution in [0.3, 0.4) is 0 Å². The molecule has 116 valence electrons. The van der Waals surface area contributed by atoms with Crippen LogP contribution in [0.1, 0.15) is 11.3 Å². The summed E-state index contributed by atoms with van der Waals surface area (Å²) in [6.45, 7) is 0. The van der Waals surface area contributed by atoms with Crippen molar-refractivity contribution in [2.75, 3.05) is 4.90 Å². The highest BCUT2D eigenvalue weighted by atomic mass is 35.5. The Morgan fingerprint density at radius 1 is 1.26 bits per heavy atom. The minimum atomic E-state index is -0.493. The summed E-state index contributed by atoms with van der Waals surface area (Å²) >= 11 is 6.84. The largest absolute Gasteiger partial charge is 0.324 e. The number of anilines is 1. The lowest BCUT2D eigenvalue weighted by Gasteiger charge is -2.13. The van der Waals surface area contributed by atoms with Gasteiger partial charge in [-0.25, -0.2) is 4.90 Å². The molecule has 6 nitrogen and oxygen atoms in total. The fraction of sp³-hybridized carbons (Fsp3) is 0.0667. The van der Waals surface area contributed by atoms with Gasteiger partial charge in [-0.3, -0.25) is 19.7 Å². The van der Waals surface area contributed by atoms with Gasteiger partial charge >= 0.3 is 5.00 Å². The van der Waals surface area contributed by atoms with Crippen LogP contribution in [-0.2, 0) is 9.59 Å². The molecule has 2 amide bonds. The normalized spacial score (nSPS) is 16.4. The molecule has 2 aromatic rings. The number of carbonyl (C=O) groups excluding carboxylic acids is 2. The SMILES string of the molecule is O=C1C/C(=C\c2ccc([N+](=O)[O-])s2)C(=O)N1c1cccc(Cl)c1. The van der Waals surface area contributed by atoms with Crippen LogP contribution in [0.5, 0.6) is 0 Å². The average molecular weight is 349 g/mol. The summed E-state index contributed by atoms with van der Waals surface area (Å²) in [6, 6.07) is 9.39. The molecule has 0 spiro atoms. The van der Waals surface area contributed by atoms with Crippen LogP contribution in [0.2, 0.25) is 5.02 Å². The van der Waals surface area contributed by atoms with Crippen molar-refractivity contribution in [2.45, 2.75) is 6.42 Å². The molecule has 0 atom stereocenters. The summed E-state index contributed by atoms with van der Waals surface area (Å²) in [5, 5.41) is 11.1. The number of imide groups is 1. The van der Waals surface area contributed by atoms with Gasteiger partial charge in [0.2, 0.25) is 5.91 Å². The highest BCUT2D eigenvalue weighted by Gasteiger charge is 2.35. The standard InChI is InChI=1S/C15H9ClN2O4S/c16-10-2-1-3-11(8-10)17-13(19)7-9(15(17)20)6-12-4-5-14(23-12)18(21)22/h1-6,8H,7H2/b9-6+. The second kappa shape index (κ2) is 5.94. The average Bonchev–Trinajstić information content (AvgIpc) is 3.05. The zero-order valence-corrected chi connectivity index (χ0v) is 13.1. The Hall–Kier alpha value is -2.51. The van der Waals surface area contributed by atoms with Gasteiger partial charge in [0.1, 0.15) is 0 Å². The molecule has 2 heterocycles. The minimum absolute atomic E-state index is 0.0136. The van der Waals surface area contributed by atoms with Crippen LogP contribution in [-0.4, -0.2) is 16.7 Å². The first-order chi connectivity index (χ1) is 11.0.